The van der Waals surface area contributed by atoms with Gasteiger partial charge in [-0.05, 0) is 19.1 Å². The molecule has 6 nitrogen and oxygen atoms in total. The normalized spacial score (nSPS) is 15.9. The fraction of sp³-hybridized carbons (Fsp3) is 0.400. The molecule has 0 aromatic heterocycles. The molecule has 1 atom stereocenters. The van der Waals surface area contributed by atoms with E-state index in [0.29, 0.717) is 11.5 Å². The van der Waals surface area contributed by atoms with Gasteiger partial charge in [0.15, 0.2) is 11.5 Å². The molecule has 2 N–H and O–H groups in total. The first-order chi connectivity index (χ1) is 8.03. The first-order valence-electron chi connectivity index (χ1n) is 5.06. The van der Waals surface area contributed by atoms with E-state index in [9.17, 15) is 8.42 Å². The van der Waals surface area contributed by atoms with Gasteiger partial charge in [0, 0.05) is 12.1 Å². The number of sulfonamides is 1. The van der Waals surface area contributed by atoms with Crippen LogP contribution in [0.4, 0.5) is 0 Å². The van der Waals surface area contributed by atoms with E-state index in [2.05, 4.69) is 4.72 Å². The molecule has 0 fully saturated rings. The molecular weight excluding hydrogens is 246 g/mol. The van der Waals surface area contributed by atoms with Gasteiger partial charge < -0.3 is 14.6 Å². The summed E-state index contributed by atoms with van der Waals surface area (Å²) >= 11 is 0. The van der Waals surface area contributed by atoms with Crippen LogP contribution in [0.3, 0.4) is 0 Å². The summed E-state index contributed by atoms with van der Waals surface area (Å²) in [4.78, 5) is 0.0852. The number of nitrogens with one attached hydrogen (secondary N) is 1. The van der Waals surface area contributed by atoms with Crippen LogP contribution in [0.15, 0.2) is 23.1 Å². The molecule has 1 heterocycles. The average Bonchev–Trinajstić information content (AvgIpc) is 2.75. The Morgan fingerprint density at radius 2 is 2.12 bits per heavy atom. The quantitative estimate of drug-likeness (QED) is 0.799. The van der Waals surface area contributed by atoms with E-state index in [1.807, 2.05) is 0 Å². The van der Waals surface area contributed by atoms with Gasteiger partial charge in [0.2, 0.25) is 16.8 Å². The number of fused-ring (bicyclic) bond motifs is 1. The van der Waals surface area contributed by atoms with Gasteiger partial charge in [-0.3, -0.25) is 0 Å². The van der Waals surface area contributed by atoms with Crippen molar-refractivity contribution in [2.75, 3.05) is 13.4 Å². The summed E-state index contributed by atoms with van der Waals surface area (Å²) in [6, 6.07) is 3.83. The Morgan fingerprint density at radius 3 is 2.82 bits per heavy atom. The van der Waals surface area contributed by atoms with E-state index in [1.165, 1.54) is 12.1 Å². The van der Waals surface area contributed by atoms with Crippen LogP contribution in [0.5, 0.6) is 11.5 Å². The Balaban J connectivity index is 2.28. The third kappa shape index (κ3) is 2.51. The van der Waals surface area contributed by atoms with E-state index in [-0.39, 0.29) is 18.3 Å². The highest BCUT2D eigenvalue weighted by atomic mass is 32.2. The van der Waals surface area contributed by atoms with E-state index in [4.69, 9.17) is 14.6 Å². The van der Waals surface area contributed by atoms with Crippen LogP contribution in [0.2, 0.25) is 0 Å². The second-order valence-corrected chi connectivity index (χ2v) is 5.43. The maximum Gasteiger partial charge on any atom is 0.241 e. The fourth-order valence-corrected chi connectivity index (χ4v) is 2.66. The number of rotatable bonds is 4. The third-order valence-corrected chi connectivity index (χ3v) is 3.87. The summed E-state index contributed by atoms with van der Waals surface area (Å²) in [5.74, 6) is 0.934. The zero-order valence-corrected chi connectivity index (χ0v) is 10.0. The molecule has 0 radical (unpaired) electrons. The predicted octanol–water partition coefficient (Wildman–Crippen LogP) is 0.0744. The molecule has 0 saturated carbocycles. The van der Waals surface area contributed by atoms with Crippen molar-refractivity contribution in [2.24, 2.45) is 0 Å². The van der Waals surface area contributed by atoms with Crippen molar-refractivity contribution in [2.45, 2.75) is 17.9 Å². The van der Waals surface area contributed by atoms with Crippen LogP contribution < -0.4 is 14.2 Å². The van der Waals surface area contributed by atoms with Gasteiger partial charge in [0.1, 0.15) is 0 Å². The number of aliphatic hydroxyl groups excluding tert-OH is 1. The molecule has 1 aromatic rings. The van der Waals surface area contributed by atoms with Crippen molar-refractivity contribution < 1.29 is 23.0 Å². The van der Waals surface area contributed by atoms with Crippen LogP contribution in [-0.4, -0.2) is 33.0 Å². The molecule has 1 aliphatic rings. The summed E-state index contributed by atoms with van der Waals surface area (Å²) in [5, 5.41) is 8.83. The van der Waals surface area contributed by atoms with Gasteiger partial charge in [-0.1, -0.05) is 0 Å². The standard InChI is InChI=1S/C10H13NO5S/c1-7(5-12)11-17(13,14)8-2-3-9-10(4-8)16-6-15-9/h2-4,7,11-12H,5-6H2,1H3. The van der Waals surface area contributed by atoms with Crippen molar-refractivity contribution in [1.29, 1.82) is 0 Å². The van der Waals surface area contributed by atoms with Gasteiger partial charge in [-0.15, -0.1) is 0 Å². The number of aliphatic hydroxyl groups is 1. The van der Waals surface area contributed by atoms with Gasteiger partial charge in [0.25, 0.3) is 0 Å². The lowest BCUT2D eigenvalue weighted by Crippen LogP contribution is -2.34. The van der Waals surface area contributed by atoms with Crippen LogP contribution in [-0.2, 0) is 10.0 Å². The summed E-state index contributed by atoms with van der Waals surface area (Å²) in [7, 11) is -3.64. The fourth-order valence-electron chi connectivity index (χ4n) is 1.41. The number of hydrogen-bond donors (Lipinski definition) is 2. The molecule has 1 aromatic carbocycles. The maximum absolute atomic E-state index is 11.9. The highest BCUT2D eigenvalue weighted by molar-refractivity contribution is 7.89. The SMILES string of the molecule is CC(CO)NS(=O)(=O)c1ccc2c(c1)OCO2. The monoisotopic (exact) mass is 259 g/mol. The zero-order valence-electron chi connectivity index (χ0n) is 9.21. The second kappa shape index (κ2) is 4.52. The first-order valence-corrected chi connectivity index (χ1v) is 6.54. The molecule has 0 spiro atoms. The average molecular weight is 259 g/mol. The van der Waals surface area contributed by atoms with Crippen molar-refractivity contribution >= 4 is 10.0 Å². The Kier molecular flexibility index (Phi) is 3.23. The lowest BCUT2D eigenvalue weighted by molar-refractivity contribution is 0.174. The Morgan fingerprint density at radius 1 is 1.41 bits per heavy atom. The maximum atomic E-state index is 11.9. The summed E-state index contributed by atoms with van der Waals surface area (Å²) < 4.78 is 36.3. The molecule has 1 unspecified atom stereocenters. The number of hydrogen-bond acceptors (Lipinski definition) is 5. The number of ether oxygens (including phenoxy) is 2. The minimum absolute atomic E-state index is 0.0852. The minimum Gasteiger partial charge on any atom is -0.454 e. The van der Waals surface area contributed by atoms with E-state index in [0.717, 1.165) is 0 Å². The number of benzene rings is 1. The Bertz CT molecular complexity index is 513. The van der Waals surface area contributed by atoms with Gasteiger partial charge in [-0.25, -0.2) is 13.1 Å². The first kappa shape index (κ1) is 12.2. The third-order valence-electron chi connectivity index (χ3n) is 2.28. The molecule has 0 aliphatic carbocycles. The summed E-state index contributed by atoms with van der Waals surface area (Å²) in [6.07, 6.45) is 0. The molecule has 2 rings (SSSR count). The van der Waals surface area contributed by atoms with Crippen molar-refractivity contribution in [3.8, 4) is 11.5 Å². The highest BCUT2D eigenvalue weighted by Crippen LogP contribution is 2.33. The molecule has 17 heavy (non-hydrogen) atoms. The van der Waals surface area contributed by atoms with E-state index < -0.39 is 16.1 Å². The van der Waals surface area contributed by atoms with Crippen molar-refractivity contribution in [1.82, 2.24) is 4.72 Å². The predicted molar refractivity (Wildman–Crippen MR) is 59.4 cm³/mol. The van der Waals surface area contributed by atoms with Gasteiger partial charge >= 0.3 is 0 Å². The molecule has 0 saturated heterocycles. The molecule has 0 bridgehead atoms. The topological polar surface area (TPSA) is 84.9 Å². The second-order valence-electron chi connectivity index (χ2n) is 3.72. The van der Waals surface area contributed by atoms with Crippen LogP contribution in [0, 0.1) is 0 Å². The molecule has 7 heteroatoms. The summed E-state index contributed by atoms with van der Waals surface area (Å²) in [6.45, 7) is 1.41. The van der Waals surface area contributed by atoms with E-state index in [1.54, 1.807) is 13.0 Å². The molecular formula is C10H13NO5S. The van der Waals surface area contributed by atoms with Gasteiger partial charge in [0.05, 0.1) is 11.5 Å². The Hall–Kier alpha value is -1.31. The lowest BCUT2D eigenvalue weighted by Gasteiger charge is -2.11. The zero-order chi connectivity index (χ0) is 12.5. The smallest absolute Gasteiger partial charge is 0.241 e. The van der Waals surface area contributed by atoms with Gasteiger partial charge in [-0.2, -0.15) is 0 Å². The highest BCUT2D eigenvalue weighted by Gasteiger charge is 2.21. The van der Waals surface area contributed by atoms with Crippen molar-refractivity contribution in [3.05, 3.63) is 18.2 Å². The molecule has 0 amide bonds. The van der Waals surface area contributed by atoms with Crippen molar-refractivity contribution in [3.63, 3.8) is 0 Å². The van der Waals surface area contributed by atoms with E-state index >= 15 is 0 Å². The van der Waals surface area contributed by atoms with Crippen LogP contribution in [0.1, 0.15) is 6.92 Å². The lowest BCUT2D eigenvalue weighted by atomic mass is 10.3. The van der Waals surface area contributed by atoms with Crippen LogP contribution >= 0.6 is 0 Å². The summed E-state index contributed by atoms with van der Waals surface area (Å²) in [5.41, 5.74) is 0. The largest absolute Gasteiger partial charge is 0.454 e. The Labute approximate surface area is 99.2 Å². The minimum atomic E-state index is -3.64. The van der Waals surface area contributed by atoms with Crippen LogP contribution in [0.25, 0.3) is 0 Å². The molecule has 94 valence electrons. The molecule has 1 aliphatic heterocycles.